The van der Waals surface area contributed by atoms with Crippen LogP contribution in [-0.2, 0) is 0 Å². The van der Waals surface area contributed by atoms with Crippen LogP contribution in [0.4, 0.5) is 26.4 Å². The van der Waals surface area contributed by atoms with E-state index in [0.29, 0.717) is 17.1 Å². The second-order valence-electron chi connectivity index (χ2n) is 6.75. The Morgan fingerprint density at radius 3 is 2.67 bits per heavy atom. The summed E-state index contributed by atoms with van der Waals surface area (Å²) < 4.78 is 14.1. The van der Waals surface area contributed by atoms with Gasteiger partial charge in [-0.05, 0) is 53.9 Å². The Morgan fingerprint density at radius 1 is 1.17 bits per heavy atom. The first-order valence-electron chi connectivity index (χ1n) is 9.07. The third kappa shape index (κ3) is 3.52. The molecular formula is C22H17FN6O. The summed E-state index contributed by atoms with van der Waals surface area (Å²) in [4.78, 5) is 12.3. The van der Waals surface area contributed by atoms with Gasteiger partial charge in [-0.3, -0.25) is 5.10 Å². The Hall–Kier alpha value is -4.38. The lowest BCUT2D eigenvalue weighted by molar-refractivity contribution is 0.262. The molecule has 7 nitrogen and oxygen atoms in total. The molecule has 1 aromatic heterocycles. The van der Waals surface area contributed by atoms with Gasteiger partial charge in [-0.25, -0.2) is 9.18 Å². The molecule has 2 amide bonds. The predicted octanol–water partition coefficient (Wildman–Crippen LogP) is 4.78. The highest BCUT2D eigenvalue weighted by molar-refractivity contribution is 6.02. The Kier molecular flexibility index (Phi) is 4.78. The van der Waals surface area contributed by atoms with Crippen molar-refractivity contribution in [3.63, 3.8) is 0 Å². The molecule has 1 heterocycles. The Bertz CT molecular complexity index is 1300. The first-order chi connectivity index (χ1) is 14.5. The van der Waals surface area contributed by atoms with Crippen LogP contribution in [0.1, 0.15) is 11.1 Å². The van der Waals surface area contributed by atoms with Crippen LogP contribution >= 0.6 is 0 Å². The van der Waals surface area contributed by atoms with E-state index in [1.165, 1.54) is 6.07 Å². The number of amides is 2. The highest BCUT2D eigenvalue weighted by atomic mass is 19.1. The van der Waals surface area contributed by atoms with Crippen molar-refractivity contribution in [2.24, 2.45) is 0 Å². The minimum atomic E-state index is -0.673. The molecule has 0 bridgehead atoms. The minimum absolute atomic E-state index is 0.00253. The normalized spacial score (nSPS) is 10.6. The van der Waals surface area contributed by atoms with E-state index in [2.05, 4.69) is 20.8 Å². The van der Waals surface area contributed by atoms with E-state index >= 15 is 0 Å². The van der Waals surface area contributed by atoms with Gasteiger partial charge in [0.2, 0.25) is 0 Å². The number of fused-ring (bicyclic) bond motifs is 1. The lowest BCUT2D eigenvalue weighted by Crippen LogP contribution is -2.20. The number of nitrogens with two attached hydrogens (primary N) is 1. The largest absolute Gasteiger partial charge is 0.382 e. The fourth-order valence-corrected chi connectivity index (χ4v) is 3.25. The molecule has 0 radical (unpaired) electrons. The van der Waals surface area contributed by atoms with Crippen molar-refractivity contribution in [1.29, 1.82) is 5.26 Å². The lowest BCUT2D eigenvalue weighted by Gasteiger charge is -2.11. The zero-order valence-electron chi connectivity index (χ0n) is 16.0. The third-order valence-corrected chi connectivity index (χ3v) is 4.75. The Balaban J connectivity index is 1.51. The van der Waals surface area contributed by atoms with Gasteiger partial charge in [0.05, 0.1) is 28.2 Å². The summed E-state index contributed by atoms with van der Waals surface area (Å²) >= 11 is 0. The number of nitrogens with zero attached hydrogens (tertiary/aromatic N) is 2. The van der Waals surface area contributed by atoms with Crippen LogP contribution in [0.15, 0.2) is 54.6 Å². The smallest absolute Gasteiger partial charge is 0.323 e. The van der Waals surface area contributed by atoms with Gasteiger partial charge in [0.1, 0.15) is 5.82 Å². The van der Waals surface area contributed by atoms with E-state index in [9.17, 15) is 9.18 Å². The fourth-order valence-electron chi connectivity index (χ4n) is 3.25. The maximum Gasteiger partial charge on any atom is 0.323 e. The first-order valence-corrected chi connectivity index (χ1v) is 9.07. The van der Waals surface area contributed by atoms with E-state index in [1.807, 2.05) is 36.4 Å². The molecule has 0 spiro atoms. The van der Waals surface area contributed by atoms with Crippen LogP contribution in [0.5, 0.6) is 0 Å². The van der Waals surface area contributed by atoms with E-state index in [0.717, 1.165) is 28.1 Å². The highest BCUT2D eigenvalue weighted by Gasteiger charge is 2.12. The van der Waals surface area contributed by atoms with Gasteiger partial charge in [0.15, 0.2) is 5.82 Å². The number of hydrogen-bond acceptors (Lipinski definition) is 4. The van der Waals surface area contributed by atoms with E-state index in [1.54, 1.807) is 19.1 Å². The van der Waals surface area contributed by atoms with Gasteiger partial charge in [0, 0.05) is 5.69 Å². The first kappa shape index (κ1) is 19.0. The van der Waals surface area contributed by atoms with Crippen molar-refractivity contribution in [2.45, 2.75) is 6.92 Å². The van der Waals surface area contributed by atoms with Gasteiger partial charge >= 0.3 is 6.03 Å². The number of hydrogen-bond donors (Lipinski definition) is 4. The number of aromatic nitrogens is 2. The highest BCUT2D eigenvalue weighted by Crippen LogP contribution is 2.31. The molecule has 148 valence electrons. The number of benzene rings is 3. The average Bonchev–Trinajstić information content (AvgIpc) is 3.12. The van der Waals surface area contributed by atoms with Crippen LogP contribution in [0.3, 0.4) is 0 Å². The number of aromatic amines is 1. The van der Waals surface area contributed by atoms with Crippen LogP contribution in [0.2, 0.25) is 0 Å². The molecule has 0 atom stereocenters. The molecule has 5 N–H and O–H groups in total. The molecule has 0 aliphatic rings. The van der Waals surface area contributed by atoms with Crippen molar-refractivity contribution in [3.8, 4) is 17.2 Å². The lowest BCUT2D eigenvalue weighted by atomic mass is 10.0. The second-order valence-corrected chi connectivity index (χ2v) is 6.75. The number of carbonyl (C=O) groups is 1. The van der Waals surface area contributed by atoms with Gasteiger partial charge in [-0.1, -0.05) is 24.3 Å². The number of urea groups is 1. The number of rotatable bonds is 3. The van der Waals surface area contributed by atoms with E-state index < -0.39 is 11.8 Å². The molecule has 0 saturated heterocycles. The molecule has 30 heavy (non-hydrogen) atoms. The standard InChI is InChI=1S/C22H17FN6O/c1-12-9-19(17(23)10-14(12)11-24)27-22(30)26-15-7-5-13(6-8-15)16-3-2-4-18-20(16)21(25)29-28-18/h2-10H,1H3,(H3,25,28,29)(H2,26,27,30). The number of carbonyl (C=O) groups excluding carboxylic acids is 1. The van der Waals surface area contributed by atoms with Crippen molar-refractivity contribution in [2.75, 3.05) is 16.4 Å². The monoisotopic (exact) mass is 400 g/mol. The molecule has 4 aromatic rings. The van der Waals surface area contributed by atoms with E-state index in [-0.39, 0.29) is 11.3 Å². The van der Waals surface area contributed by atoms with Crippen molar-refractivity contribution in [1.82, 2.24) is 10.2 Å². The van der Waals surface area contributed by atoms with Crippen LogP contribution in [0, 0.1) is 24.1 Å². The second kappa shape index (κ2) is 7.56. The third-order valence-electron chi connectivity index (χ3n) is 4.75. The molecule has 0 saturated carbocycles. The number of H-pyrrole nitrogens is 1. The van der Waals surface area contributed by atoms with Gasteiger partial charge in [0.25, 0.3) is 0 Å². The van der Waals surface area contributed by atoms with E-state index in [4.69, 9.17) is 11.0 Å². The molecule has 4 rings (SSSR count). The van der Waals surface area contributed by atoms with Crippen molar-refractivity contribution >= 4 is 34.1 Å². The molecule has 0 aliphatic heterocycles. The molecule has 8 heteroatoms. The summed E-state index contributed by atoms with van der Waals surface area (Å²) in [6.45, 7) is 1.67. The number of nitriles is 1. The summed E-state index contributed by atoms with van der Waals surface area (Å²) in [7, 11) is 0. The number of aryl methyl sites for hydroxylation is 1. The summed E-state index contributed by atoms with van der Waals surface area (Å²) in [5.41, 5.74) is 9.98. The SMILES string of the molecule is Cc1cc(NC(=O)Nc2ccc(-c3cccc4[nH]nc(N)c34)cc2)c(F)cc1C#N. The number of nitrogens with one attached hydrogen (secondary N) is 3. The number of nitrogen functional groups attached to an aromatic ring is 1. The minimum Gasteiger partial charge on any atom is -0.382 e. The number of halogens is 1. The molecule has 0 aliphatic carbocycles. The quantitative estimate of drug-likeness (QED) is 0.396. The molecule has 0 unspecified atom stereocenters. The Labute approximate surface area is 171 Å². The van der Waals surface area contributed by atoms with Crippen molar-refractivity contribution in [3.05, 3.63) is 71.5 Å². The van der Waals surface area contributed by atoms with Crippen LogP contribution in [-0.4, -0.2) is 16.2 Å². The fraction of sp³-hybridized carbons (Fsp3) is 0.0455. The predicted molar refractivity (Wildman–Crippen MR) is 114 cm³/mol. The van der Waals surface area contributed by atoms with Gasteiger partial charge in [-0.15, -0.1) is 0 Å². The zero-order chi connectivity index (χ0) is 21.3. The zero-order valence-corrected chi connectivity index (χ0v) is 16.0. The van der Waals surface area contributed by atoms with Gasteiger partial charge < -0.3 is 16.4 Å². The van der Waals surface area contributed by atoms with Crippen molar-refractivity contribution < 1.29 is 9.18 Å². The number of anilines is 3. The molecular weight excluding hydrogens is 383 g/mol. The summed E-state index contributed by atoms with van der Waals surface area (Å²) in [5, 5.41) is 21.8. The summed E-state index contributed by atoms with van der Waals surface area (Å²) in [6.07, 6.45) is 0. The maximum atomic E-state index is 14.1. The average molecular weight is 400 g/mol. The topological polar surface area (TPSA) is 120 Å². The molecule has 3 aromatic carbocycles. The maximum absolute atomic E-state index is 14.1. The summed E-state index contributed by atoms with van der Waals surface area (Å²) in [6, 6.07) is 16.8. The van der Waals surface area contributed by atoms with Crippen LogP contribution < -0.4 is 16.4 Å². The Morgan fingerprint density at radius 2 is 1.93 bits per heavy atom. The van der Waals surface area contributed by atoms with Crippen LogP contribution in [0.25, 0.3) is 22.0 Å². The molecule has 0 fully saturated rings. The van der Waals surface area contributed by atoms with Gasteiger partial charge in [-0.2, -0.15) is 10.4 Å². The summed E-state index contributed by atoms with van der Waals surface area (Å²) in [5.74, 6) is -0.254.